The second-order valence-corrected chi connectivity index (χ2v) is 7.00. The Kier molecular flexibility index (Phi) is 4.61. The van der Waals surface area contributed by atoms with Crippen molar-refractivity contribution in [3.8, 4) is 5.75 Å². The highest BCUT2D eigenvalue weighted by Crippen LogP contribution is 2.34. The fraction of sp³-hybridized carbons (Fsp3) is 0.444. The monoisotopic (exact) mass is 301 g/mol. The molecule has 0 spiro atoms. The normalized spacial score (nSPS) is 19.1. The maximum absolute atomic E-state index is 5.75. The van der Waals surface area contributed by atoms with Crippen LogP contribution in [-0.4, -0.2) is 13.2 Å². The van der Waals surface area contributed by atoms with Crippen LogP contribution in [0.2, 0.25) is 0 Å². The van der Waals surface area contributed by atoms with E-state index in [2.05, 4.69) is 60.9 Å². The lowest BCUT2D eigenvalue weighted by atomic mass is 9.92. The molecule has 2 atom stereocenters. The van der Waals surface area contributed by atoms with Gasteiger partial charge in [0.25, 0.3) is 0 Å². The van der Waals surface area contributed by atoms with Gasteiger partial charge in [0.05, 0.1) is 6.61 Å². The predicted molar refractivity (Wildman–Crippen MR) is 89.2 cm³/mol. The van der Waals surface area contributed by atoms with Gasteiger partial charge >= 0.3 is 0 Å². The van der Waals surface area contributed by atoms with Crippen LogP contribution in [0.4, 0.5) is 0 Å². The highest BCUT2D eigenvalue weighted by Gasteiger charge is 2.23. The van der Waals surface area contributed by atoms with E-state index in [1.807, 2.05) is 11.3 Å². The lowest BCUT2D eigenvalue weighted by Crippen LogP contribution is -2.31. The minimum atomic E-state index is 0.444. The zero-order chi connectivity index (χ0) is 14.7. The van der Waals surface area contributed by atoms with Crippen LogP contribution in [0.1, 0.15) is 42.7 Å². The molecule has 2 nitrogen and oxygen atoms in total. The Hall–Kier alpha value is -1.32. The van der Waals surface area contributed by atoms with E-state index in [1.54, 1.807) is 0 Å². The molecule has 0 radical (unpaired) electrons. The Morgan fingerprint density at radius 3 is 2.86 bits per heavy atom. The molecule has 1 aromatic heterocycles. The number of rotatable bonds is 5. The van der Waals surface area contributed by atoms with E-state index in [-0.39, 0.29) is 0 Å². The zero-order valence-corrected chi connectivity index (χ0v) is 13.5. The lowest BCUT2D eigenvalue weighted by Gasteiger charge is -2.29. The summed E-state index contributed by atoms with van der Waals surface area (Å²) in [4.78, 5) is 1.44. The first-order valence-electron chi connectivity index (χ1n) is 7.74. The van der Waals surface area contributed by atoms with Gasteiger partial charge in [-0.1, -0.05) is 38.1 Å². The van der Waals surface area contributed by atoms with Crippen molar-refractivity contribution < 1.29 is 4.74 Å². The molecule has 1 aromatic carbocycles. The molecule has 0 saturated carbocycles. The Bertz CT molecular complexity index is 564. The maximum Gasteiger partial charge on any atom is 0.122 e. The second-order valence-electron chi connectivity index (χ2n) is 6.02. The smallest absolute Gasteiger partial charge is 0.122 e. The predicted octanol–water partition coefficient (Wildman–Crippen LogP) is 4.60. The molecule has 3 rings (SSSR count). The summed E-state index contributed by atoms with van der Waals surface area (Å²) in [6.45, 7) is 6.42. The molecule has 0 saturated heterocycles. The Balaban J connectivity index is 1.70. The van der Waals surface area contributed by atoms with Crippen molar-refractivity contribution in [2.24, 2.45) is 5.92 Å². The van der Waals surface area contributed by atoms with Crippen LogP contribution in [0, 0.1) is 5.92 Å². The van der Waals surface area contributed by atoms with Gasteiger partial charge in [-0.05, 0) is 35.4 Å². The van der Waals surface area contributed by atoms with Crippen LogP contribution in [0.3, 0.4) is 0 Å². The fourth-order valence-electron chi connectivity index (χ4n) is 3.03. The molecule has 0 aliphatic carbocycles. The molecule has 1 aliphatic rings. The van der Waals surface area contributed by atoms with Gasteiger partial charge in [-0.3, -0.25) is 0 Å². The van der Waals surface area contributed by atoms with Crippen LogP contribution in [0.5, 0.6) is 5.75 Å². The van der Waals surface area contributed by atoms with E-state index in [0.29, 0.717) is 17.9 Å². The number of hydrogen-bond acceptors (Lipinski definition) is 3. The van der Waals surface area contributed by atoms with E-state index >= 15 is 0 Å². The van der Waals surface area contributed by atoms with Crippen molar-refractivity contribution >= 4 is 11.3 Å². The molecular formula is C18H23NOS. The molecule has 2 unspecified atom stereocenters. The van der Waals surface area contributed by atoms with Gasteiger partial charge in [-0.2, -0.15) is 0 Å². The summed E-state index contributed by atoms with van der Waals surface area (Å²) in [5.74, 6) is 2.21. The van der Waals surface area contributed by atoms with Crippen molar-refractivity contribution in [1.29, 1.82) is 0 Å². The Labute approximate surface area is 131 Å². The average Bonchev–Trinajstić information content (AvgIpc) is 3.01. The standard InChI is InChI=1S/C18H23NOS/c1-13(2)18(17-8-5-11-21-17)19-12-14-9-10-20-16-7-4-3-6-15(14)16/h3-8,11,13-14,18-19H,9-10,12H2,1-2H3. The average molecular weight is 301 g/mol. The van der Waals surface area contributed by atoms with Gasteiger partial charge < -0.3 is 10.1 Å². The number of fused-ring (bicyclic) bond motifs is 1. The first-order chi connectivity index (χ1) is 10.3. The summed E-state index contributed by atoms with van der Waals surface area (Å²) in [6, 6.07) is 13.3. The number of nitrogens with one attached hydrogen (secondary N) is 1. The minimum Gasteiger partial charge on any atom is -0.493 e. The van der Waals surface area contributed by atoms with Crippen molar-refractivity contribution in [2.75, 3.05) is 13.2 Å². The largest absolute Gasteiger partial charge is 0.493 e. The highest BCUT2D eigenvalue weighted by atomic mass is 32.1. The Morgan fingerprint density at radius 1 is 1.24 bits per heavy atom. The molecule has 2 aromatic rings. The maximum atomic E-state index is 5.75. The minimum absolute atomic E-state index is 0.444. The lowest BCUT2D eigenvalue weighted by molar-refractivity contribution is 0.259. The summed E-state index contributed by atoms with van der Waals surface area (Å²) < 4.78 is 5.75. The topological polar surface area (TPSA) is 21.3 Å². The van der Waals surface area contributed by atoms with Crippen LogP contribution in [0.15, 0.2) is 41.8 Å². The third kappa shape index (κ3) is 3.30. The zero-order valence-electron chi connectivity index (χ0n) is 12.7. The third-order valence-electron chi connectivity index (χ3n) is 4.18. The molecule has 0 fully saturated rings. The van der Waals surface area contributed by atoms with Gasteiger partial charge in [0.15, 0.2) is 0 Å². The van der Waals surface area contributed by atoms with Crippen LogP contribution < -0.4 is 10.1 Å². The molecule has 1 aliphatic heterocycles. The Morgan fingerprint density at radius 2 is 2.10 bits per heavy atom. The fourth-order valence-corrected chi connectivity index (χ4v) is 4.00. The summed E-state index contributed by atoms with van der Waals surface area (Å²) in [5, 5.41) is 5.95. The third-order valence-corrected chi connectivity index (χ3v) is 5.14. The van der Waals surface area contributed by atoms with E-state index in [1.165, 1.54) is 10.4 Å². The van der Waals surface area contributed by atoms with Crippen molar-refractivity contribution in [2.45, 2.75) is 32.2 Å². The summed E-state index contributed by atoms with van der Waals surface area (Å²) >= 11 is 1.84. The van der Waals surface area contributed by atoms with Crippen LogP contribution >= 0.6 is 11.3 Å². The van der Waals surface area contributed by atoms with E-state index in [9.17, 15) is 0 Å². The molecule has 112 valence electrons. The molecule has 3 heteroatoms. The number of benzene rings is 1. The molecule has 0 bridgehead atoms. The van der Waals surface area contributed by atoms with E-state index < -0.39 is 0 Å². The van der Waals surface area contributed by atoms with Crippen molar-refractivity contribution in [1.82, 2.24) is 5.32 Å². The number of ether oxygens (including phenoxy) is 1. The summed E-state index contributed by atoms with van der Waals surface area (Å²) in [6.07, 6.45) is 1.10. The van der Waals surface area contributed by atoms with Gasteiger partial charge in [0.1, 0.15) is 5.75 Å². The molecular weight excluding hydrogens is 278 g/mol. The van der Waals surface area contributed by atoms with Crippen molar-refractivity contribution in [3.05, 3.63) is 52.2 Å². The molecule has 2 heterocycles. The van der Waals surface area contributed by atoms with Crippen LogP contribution in [0.25, 0.3) is 0 Å². The summed E-state index contributed by atoms with van der Waals surface area (Å²) in [7, 11) is 0. The first-order valence-corrected chi connectivity index (χ1v) is 8.62. The number of hydrogen-bond donors (Lipinski definition) is 1. The van der Waals surface area contributed by atoms with Crippen molar-refractivity contribution in [3.63, 3.8) is 0 Å². The quantitative estimate of drug-likeness (QED) is 0.871. The van der Waals surface area contributed by atoms with Gasteiger partial charge in [-0.25, -0.2) is 0 Å². The van der Waals surface area contributed by atoms with E-state index in [4.69, 9.17) is 4.74 Å². The molecule has 0 amide bonds. The van der Waals surface area contributed by atoms with E-state index in [0.717, 1.165) is 25.3 Å². The first kappa shape index (κ1) is 14.6. The number of thiophene rings is 1. The highest BCUT2D eigenvalue weighted by molar-refractivity contribution is 7.10. The van der Waals surface area contributed by atoms with Crippen LogP contribution in [-0.2, 0) is 0 Å². The second kappa shape index (κ2) is 6.63. The van der Waals surface area contributed by atoms with Gasteiger partial charge in [0.2, 0.25) is 0 Å². The number of para-hydroxylation sites is 1. The SMILES string of the molecule is CC(C)C(NCC1CCOc2ccccc21)c1cccs1. The summed E-state index contributed by atoms with van der Waals surface area (Å²) in [5.41, 5.74) is 1.35. The van der Waals surface area contributed by atoms with Gasteiger partial charge in [0, 0.05) is 23.4 Å². The van der Waals surface area contributed by atoms with Gasteiger partial charge in [-0.15, -0.1) is 11.3 Å². The molecule has 1 N–H and O–H groups in total. The molecule has 21 heavy (non-hydrogen) atoms.